The van der Waals surface area contributed by atoms with Crippen LogP contribution in [0.15, 0.2) is 27.7 Å². The molecule has 1 aliphatic heterocycles. The molecule has 9 heteroatoms. The molecule has 0 radical (unpaired) electrons. The molecule has 1 aromatic carbocycles. The number of hydrogen-bond donors (Lipinski definition) is 2. The minimum Gasteiger partial charge on any atom is -0.444 e. The zero-order valence-electron chi connectivity index (χ0n) is 16.5. The second-order valence-electron chi connectivity index (χ2n) is 8.02. The maximum atomic E-state index is 14.7. The highest BCUT2D eigenvalue weighted by molar-refractivity contribution is 9.10. The van der Waals surface area contributed by atoms with Gasteiger partial charge in [0.15, 0.2) is 5.17 Å². The lowest BCUT2D eigenvalue weighted by molar-refractivity contribution is 0.0562. The third-order valence-electron chi connectivity index (χ3n) is 4.78. The second-order valence-corrected chi connectivity index (χ2v) is 10.5. The first-order valence-corrected chi connectivity index (χ1v) is 10.4. The number of alkyl carbamates (subject to hydrolysis) is 1. The highest BCUT2D eigenvalue weighted by Gasteiger charge is 2.53. The van der Waals surface area contributed by atoms with Crippen LogP contribution in [0.4, 0.5) is 13.6 Å². The van der Waals surface area contributed by atoms with E-state index in [1.54, 1.807) is 34.6 Å². The van der Waals surface area contributed by atoms with Gasteiger partial charge in [-0.05, 0) is 45.9 Å². The largest absolute Gasteiger partial charge is 0.444 e. The Bertz CT molecular complexity index is 787. The van der Waals surface area contributed by atoms with Crippen molar-refractivity contribution in [1.29, 1.82) is 0 Å². The van der Waals surface area contributed by atoms with Crippen molar-refractivity contribution in [2.45, 2.75) is 50.5 Å². The SMILES string of the molecule is C[C@@H]1[C@@](C)(CO)SC(NC(=O)OC(C)(C)C)=N[C@]1(CF)c1cc(Br)ccc1F. The molecule has 1 amide bonds. The summed E-state index contributed by atoms with van der Waals surface area (Å²) in [6, 6.07) is 4.23. The van der Waals surface area contributed by atoms with Crippen LogP contribution >= 0.6 is 27.7 Å². The van der Waals surface area contributed by atoms with Crippen molar-refractivity contribution in [3.8, 4) is 0 Å². The standard InChI is InChI=1S/C19H25BrF2N2O3S/c1-11-18(5,10-25)28-15(23-16(26)27-17(2,3)4)24-19(11,9-21)13-8-12(20)6-7-14(13)22/h6-8,11,25H,9-10H2,1-5H3,(H,23,24,26)/t11-,18-,19+/m1/s1. The lowest BCUT2D eigenvalue weighted by atomic mass is 9.73. The summed E-state index contributed by atoms with van der Waals surface area (Å²) in [6.45, 7) is 7.27. The monoisotopic (exact) mass is 478 g/mol. The number of ether oxygens (including phenoxy) is 1. The van der Waals surface area contributed by atoms with Gasteiger partial charge in [-0.15, -0.1) is 0 Å². The normalized spacial score (nSPS) is 27.9. The summed E-state index contributed by atoms with van der Waals surface area (Å²) in [7, 11) is 0. The molecule has 3 atom stereocenters. The molecule has 2 rings (SSSR count). The fraction of sp³-hybridized carbons (Fsp3) is 0.579. The summed E-state index contributed by atoms with van der Waals surface area (Å²) >= 11 is 4.39. The molecule has 0 saturated carbocycles. The van der Waals surface area contributed by atoms with Crippen molar-refractivity contribution in [2.75, 3.05) is 13.3 Å². The van der Waals surface area contributed by atoms with E-state index < -0.39 is 40.4 Å². The van der Waals surface area contributed by atoms with E-state index >= 15 is 0 Å². The first-order chi connectivity index (χ1) is 12.9. The Hall–Kier alpha value is -1.19. The molecule has 1 aliphatic rings. The highest BCUT2D eigenvalue weighted by atomic mass is 79.9. The number of hydrogen-bond acceptors (Lipinski definition) is 5. The third kappa shape index (κ3) is 4.68. The zero-order chi connectivity index (χ0) is 21.3. The van der Waals surface area contributed by atoms with Gasteiger partial charge in [-0.25, -0.2) is 18.6 Å². The van der Waals surface area contributed by atoms with E-state index in [1.807, 2.05) is 0 Å². The molecule has 5 nitrogen and oxygen atoms in total. The molecule has 0 saturated heterocycles. The molecular formula is C19H25BrF2N2O3S. The highest BCUT2D eigenvalue weighted by Crippen LogP contribution is 2.51. The first-order valence-electron chi connectivity index (χ1n) is 8.78. The van der Waals surface area contributed by atoms with Crippen LogP contribution in [-0.2, 0) is 10.3 Å². The number of amides is 1. The van der Waals surface area contributed by atoms with E-state index in [0.29, 0.717) is 4.47 Å². The van der Waals surface area contributed by atoms with Gasteiger partial charge in [0.1, 0.15) is 23.6 Å². The number of carbonyl (C=O) groups excluding carboxylic acids is 1. The molecule has 1 heterocycles. The average Bonchev–Trinajstić information content (AvgIpc) is 2.58. The van der Waals surface area contributed by atoms with Crippen LogP contribution in [0.3, 0.4) is 0 Å². The molecule has 2 N–H and O–H groups in total. The van der Waals surface area contributed by atoms with Crippen LogP contribution in [0.5, 0.6) is 0 Å². The number of aliphatic hydroxyl groups excluding tert-OH is 1. The predicted octanol–water partition coefficient (Wildman–Crippen LogP) is 4.77. The van der Waals surface area contributed by atoms with Crippen LogP contribution in [0, 0.1) is 11.7 Å². The Balaban J connectivity index is 2.57. The molecule has 0 aromatic heterocycles. The Morgan fingerprint density at radius 3 is 2.64 bits per heavy atom. The van der Waals surface area contributed by atoms with Crippen LogP contribution in [0.1, 0.15) is 40.2 Å². The number of halogens is 3. The van der Waals surface area contributed by atoms with E-state index in [2.05, 4.69) is 26.2 Å². The van der Waals surface area contributed by atoms with Crippen LogP contribution in [0.2, 0.25) is 0 Å². The molecule has 156 valence electrons. The van der Waals surface area contributed by atoms with Crippen LogP contribution in [0.25, 0.3) is 0 Å². The van der Waals surface area contributed by atoms with Crippen LogP contribution in [-0.4, -0.2) is 40.0 Å². The maximum absolute atomic E-state index is 14.7. The van der Waals surface area contributed by atoms with Crippen molar-refractivity contribution in [3.63, 3.8) is 0 Å². The van der Waals surface area contributed by atoms with E-state index in [9.17, 15) is 18.7 Å². The lowest BCUT2D eigenvalue weighted by Crippen LogP contribution is -2.54. The number of nitrogens with one attached hydrogen (secondary N) is 1. The van der Waals surface area contributed by atoms with Gasteiger partial charge in [-0.1, -0.05) is 34.6 Å². The number of carbonyl (C=O) groups is 1. The van der Waals surface area contributed by atoms with Gasteiger partial charge >= 0.3 is 6.09 Å². The minimum atomic E-state index is -1.61. The van der Waals surface area contributed by atoms with E-state index in [1.165, 1.54) is 18.2 Å². The first kappa shape index (κ1) is 23.1. The fourth-order valence-corrected chi connectivity index (χ4v) is 4.65. The number of aliphatic imine (C=N–C) groups is 1. The molecular weight excluding hydrogens is 454 g/mol. The van der Waals surface area contributed by atoms with Crippen LogP contribution < -0.4 is 5.32 Å². The van der Waals surface area contributed by atoms with Gasteiger partial charge in [0.25, 0.3) is 0 Å². The summed E-state index contributed by atoms with van der Waals surface area (Å²) in [5.74, 6) is -1.19. The molecule has 0 unspecified atom stereocenters. The van der Waals surface area contributed by atoms with Gasteiger partial charge in [0.2, 0.25) is 0 Å². The van der Waals surface area contributed by atoms with E-state index in [4.69, 9.17) is 4.74 Å². The number of rotatable bonds is 3. The second kappa shape index (κ2) is 8.28. The van der Waals surface area contributed by atoms with Crippen molar-refractivity contribution in [1.82, 2.24) is 5.32 Å². The quantitative estimate of drug-likeness (QED) is 0.656. The number of nitrogens with zero attached hydrogens (tertiary/aromatic N) is 1. The summed E-state index contributed by atoms with van der Waals surface area (Å²) in [4.78, 5) is 16.6. The summed E-state index contributed by atoms with van der Waals surface area (Å²) in [6.07, 6.45) is -0.754. The fourth-order valence-electron chi connectivity index (χ4n) is 3.07. The lowest BCUT2D eigenvalue weighted by Gasteiger charge is -2.47. The molecule has 28 heavy (non-hydrogen) atoms. The van der Waals surface area contributed by atoms with Crippen molar-refractivity contribution in [2.24, 2.45) is 10.9 Å². The van der Waals surface area contributed by atoms with Gasteiger partial charge < -0.3 is 9.84 Å². The smallest absolute Gasteiger partial charge is 0.413 e. The van der Waals surface area contributed by atoms with Gasteiger partial charge in [-0.2, -0.15) is 0 Å². The topological polar surface area (TPSA) is 70.9 Å². The van der Waals surface area contributed by atoms with Gasteiger partial charge in [0.05, 0.1) is 6.61 Å². The molecule has 0 bridgehead atoms. The Morgan fingerprint density at radius 1 is 1.46 bits per heavy atom. The number of amidine groups is 1. The molecule has 1 aromatic rings. The average molecular weight is 479 g/mol. The number of benzene rings is 1. The molecule has 0 spiro atoms. The summed E-state index contributed by atoms with van der Waals surface area (Å²) < 4.78 is 34.1. The van der Waals surface area contributed by atoms with Crippen molar-refractivity contribution in [3.05, 3.63) is 34.1 Å². The third-order valence-corrected chi connectivity index (χ3v) is 6.61. The summed E-state index contributed by atoms with van der Waals surface area (Å²) in [5, 5.41) is 12.6. The van der Waals surface area contributed by atoms with Crippen molar-refractivity contribution >= 4 is 39.0 Å². The van der Waals surface area contributed by atoms with Gasteiger partial charge in [0, 0.05) is 20.7 Å². The maximum Gasteiger partial charge on any atom is 0.413 e. The number of aliphatic hydroxyl groups is 1. The number of alkyl halides is 1. The van der Waals surface area contributed by atoms with E-state index in [0.717, 1.165) is 11.8 Å². The molecule has 0 fully saturated rings. The Labute approximate surface area is 176 Å². The Morgan fingerprint density at radius 2 is 2.11 bits per heavy atom. The number of thioether (sulfide) groups is 1. The minimum absolute atomic E-state index is 0.0559. The van der Waals surface area contributed by atoms with Gasteiger partial charge in [-0.3, -0.25) is 5.32 Å². The molecule has 0 aliphatic carbocycles. The van der Waals surface area contributed by atoms with Crippen molar-refractivity contribution < 1.29 is 23.4 Å². The summed E-state index contributed by atoms with van der Waals surface area (Å²) in [5.41, 5.74) is -2.29. The predicted molar refractivity (Wildman–Crippen MR) is 111 cm³/mol. The Kier molecular flexibility index (Phi) is 6.83. The van der Waals surface area contributed by atoms with E-state index in [-0.39, 0.29) is 17.3 Å². The zero-order valence-corrected chi connectivity index (χ0v) is 18.9.